The van der Waals surface area contributed by atoms with Crippen LogP contribution in [-0.4, -0.2) is 10.5 Å². The van der Waals surface area contributed by atoms with Crippen LogP contribution in [0.4, 0.5) is 0 Å². The lowest BCUT2D eigenvalue weighted by Crippen LogP contribution is -2.01. The van der Waals surface area contributed by atoms with Crippen molar-refractivity contribution >= 4 is 25.3 Å². The fourth-order valence-electron chi connectivity index (χ4n) is 0.789. The summed E-state index contributed by atoms with van der Waals surface area (Å²) < 4.78 is 0. The first-order chi connectivity index (χ1) is 4.29. The topological polar surface area (TPSA) is 0 Å². The number of allylic oxidation sites excluding steroid dienone is 2. The number of hydrogen-bond acceptors (Lipinski definition) is 2. The van der Waals surface area contributed by atoms with Crippen LogP contribution in [0.3, 0.4) is 0 Å². The van der Waals surface area contributed by atoms with Crippen molar-refractivity contribution < 1.29 is 0 Å². The third-order valence-corrected chi connectivity index (χ3v) is 2.03. The van der Waals surface area contributed by atoms with Crippen LogP contribution >= 0.6 is 25.3 Å². The largest absolute Gasteiger partial charge is 0.172 e. The van der Waals surface area contributed by atoms with Crippen LogP contribution in [0.2, 0.25) is 0 Å². The minimum absolute atomic E-state index is 0.377. The van der Waals surface area contributed by atoms with Crippen molar-refractivity contribution in [1.82, 2.24) is 0 Å². The zero-order valence-corrected chi connectivity index (χ0v) is 6.85. The molecule has 2 unspecified atom stereocenters. The molecule has 0 spiro atoms. The standard InChI is InChI=1S/C7H10S2/c8-6-3-1-2-4-7(9)5-6/h1-4,6-9H,5H2. The average Bonchev–Trinajstić information content (AvgIpc) is 1.93. The molecule has 0 bridgehead atoms. The van der Waals surface area contributed by atoms with Crippen LogP contribution < -0.4 is 0 Å². The van der Waals surface area contributed by atoms with Gasteiger partial charge >= 0.3 is 0 Å². The maximum Gasteiger partial charge on any atom is 0.0213 e. The fourth-order valence-corrected chi connectivity index (χ4v) is 1.61. The van der Waals surface area contributed by atoms with Crippen LogP contribution in [0.25, 0.3) is 0 Å². The third kappa shape index (κ3) is 2.50. The van der Waals surface area contributed by atoms with Crippen molar-refractivity contribution in [3.63, 3.8) is 0 Å². The molecule has 9 heavy (non-hydrogen) atoms. The Balaban J connectivity index is 2.54. The fraction of sp³-hybridized carbons (Fsp3) is 0.429. The van der Waals surface area contributed by atoms with Crippen molar-refractivity contribution in [1.29, 1.82) is 0 Å². The maximum atomic E-state index is 4.31. The molecule has 0 N–H and O–H groups in total. The van der Waals surface area contributed by atoms with Crippen molar-refractivity contribution in [3.8, 4) is 0 Å². The summed E-state index contributed by atoms with van der Waals surface area (Å²) in [7, 11) is 0. The first-order valence-corrected chi connectivity index (χ1v) is 4.03. The van der Waals surface area contributed by atoms with Gasteiger partial charge in [-0.05, 0) is 6.42 Å². The zero-order valence-electron chi connectivity index (χ0n) is 5.07. The molecule has 0 aromatic heterocycles. The van der Waals surface area contributed by atoms with Crippen LogP contribution in [0.1, 0.15) is 6.42 Å². The van der Waals surface area contributed by atoms with Gasteiger partial charge in [0.25, 0.3) is 0 Å². The van der Waals surface area contributed by atoms with Gasteiger partial charge in [-0.2, -0.15) is 25.3 Å². The lowest BCUT2D eigenvalue weighted by Gasteiger charge is -2.05. The summed E-state index contributed by atoms with van der Waals surface area (Å²) in [5.41, 5.74) is 0. The van der Waals surface area contributed by atoms with Crippen LogP contribution in [0.5, 0.6) is 0 Å². The van der Waals surface area contributed by atoms with E-state index < -0.39 is 0 Å². The highest BCUT2D eigenvalue weighted by atomic mass is 32.1. The highest BCUT2D eigenvalue weighted by Crippen LogP contribution is 2.15. The molecule has 0 nitrogen and oxygen atoms in total. The first kappa shape index (κ1) is 7.29. The summed E-state index contributed by atoms with van der Waals surface area (Å²) in [5.74, 6) is 0. The molecule has 0 saturated carbocycles. The molecule has 0 aliphatic heterocycles. The second-order valence-corrected chi connectivity index (χ2v) is 3.47. The molecule has 0 heterocycles. The van der Waals surface area contributed by atoms with Crippen LogP contribution in [0, 0.1) is 0 Å². The van der Waals surface area contributed by atoms with E-state index in [1.54, 1.807) is 0 Å². The lowest BCUT2D eigenvalue weighted by molar-refractivity contribution is 0.916. The average molecular weight is 158 g/mol. The molecule has 0 aromatic rings. The van der Waals surface area contributed by atoms with Gasteiger partial charge in [0.15, 0.2) is 0 Å². The van der Waals surface area contributed by atoms with Gasteiger partial charge in [-0.1, -0.05) is 24.3 Å². The van der Waals surface area contributed by atoms with Gasteiger partial charge in [-0.25, -0.2) is 0 Å². The molecule has 1 aliphatic carbocycles. The monoisotopic (exact) mass is 158 g/mol. The molecule has 0 aromatic carbocycles. The Kier molecular flexibility index (Phi) is 2.73. The van der Waals surface area contributed by atoms with E-state index in [2.05, 4.69) is 37.4 Å². The van der Waals surface area contributed by atoms with Gasteiger partial charge in [-0.3, -0.25) is 0 Å². The van der Waals surface area contributed by atoms with Gasteiger partial charge in [0.2, 0.25) is 0 Å². The molecule has 1 rings (SSSR count). The molecule has 2 heteroatoms. The summed E-state index contributed by atoms with van der Waals surface area (Å²) in [6.45, 7) is 0. The van der Waals surface area contributed by atoms with E-state index in [0.717, 1.165) is 6.42 Å². The van der Waals surface area contributed by atoms with Crippen LogP contribution in [0.15, 0.2) is 24.3 Å². The Labute approximate surface area is 66.9 Å². The number of thiol groups is 2. The van der Waals surface area contributed by atoms with Crippen molar-refractivity contribution in [3.05, 3.63) is 24.3 Å². The molecule has 0 radical (unpaired) electrons. The molecular weight excluding hydrogens is 148 g/mol. The van der Waals surface area contributed by atoms with Crippen LogP contribution in [-0.2, 0) is 0 Å². The van der Waals surface area contributed by atoms with E-state index in [9.17, 15) is 0 Å². The maximum absolute atomic E-state index is 4.31. The van der Waals surface area contributed by atoms with Gasteiger partial charge in [0.1, 0.15) is 0 Å². The summed E-state index contributed by atoms with van der Waals surface area (Å²) in [6, 6.07) is 0. The summed E-state index contributed by atoms with van der Waals surface area (Å²) >= 11 is 8.63. The normalized spacial score (nSPS) is 34.4. The zero-order chi connectivity index (χ0) is 6.69. The summed E-state index contributed by atoms with van der Waals surface area (Å²) in [5, 5.41) is 0.755. The molecule has 0 amide bonds. The van der Waals surface area contributed by atoms with E-state index in [0.29, 0.717) is 10.5 Å². The molecular formula is C7H10S2. The molecule has 2 atom stereocenters. The molecule has 0 fully saturated rings. The van der Waals surface area contributed by atoms with Gasteiger partial charge in [-0.15, -0.1) is 0 Å². The van der Waals surface area contributed by atoms with E-state index in [-0.39, 0.29) is 0 Å². The molecule has 0 saturated heterocycles. The van der Waals surface area contributed by atoms with E-state index in [1.807, 2.05) is 12.2 Å². The Morgan fingerprint density at radius 3 is 1.89 bits per heavy atom. The minimum Gasteiger partial charge on any atom is -0.172 e. The Bertz CT molecular complexity index is 122. The molecule has 1 aliphatic rings. The lowest BCUT2D eigenvalue weighted by atomic mass is 10.2. The van der Waals surface area contributed by atoms with Crippen molar-refractivity contribution in [2.75, 3.05) is 0 Å². The first-order valence-electron chi connectivity index (χ1n) is 3.00. The van der Waals surface area contributed by atoms with E-state index in [4.69, 9.17) is 0 Å². The second kappa shape index (κ2) is 3.37. The molecule has 50 valence electrons. The highest BCUT2D eigenvalue weighted by Gasteiger charge is 2.05. The highest BCUT2D eigenvalue weighted by molar-refractivity contribution is 7.82. The number of hydrogen-bond donors (Lipinski definition) is 2. The predicted molar refractivity (Wildman–Crippen MR) is 48.4 cm³/mol. The number of rotatable bonds is 0. The summed E-state index contributed by atoms with van der Waals surface area (Å²) in [4.78, 5) is 0. The quantitative estimate of drug-likeness (QED) is 0.496. The smallest absolute Gasteiger partial charge is 0.0213 e. The van der Waals surface area contributed by atoms with Crippen molar-refractivity contribution in [2.24, 2.45) is 0 Å². The van der Waals surface area contributed by atoms with Gasteiger partial charge in [0, 0.05) is 10.5 Å². The Morgan fingerprint density at radius 2 is 1.44 bits per heavy atom. The Morgan fingerprint density at radius 1 is 1.00 bits per heavy atom. The third-order valence-electron chi connectivity index (χ3n) is 1.26. The van der Waals surface area contributed by atoms with E-state index in [1.165, 1.54) is 0 Å². The Hall–Kier alpha value is 0.180. The van der Waals surface area contributed by atoms with Gasteiger partial charge < -0.3 is 0 Å². The van der Waals surface area contributed by atoms with Crippen molar-refractivity contribution in [2.45, 2.75) is 16.9 Å². The summed E-state index contributed by atoms with van der Waals surface area (Å²) in [6.07, 6.45) is 9.23. The second-order valence-electron chi connectivity index (χ2n) is 2.14. The van der Waals surface area contributed by atoms with Gasteiger partial charge in [0.05, 0.1) is 0 Å². The van der Waals surface area contributed by atoms with E-state index >= 15 is 0 Å². The predicted octanol–water partition coefficient (Wildman–Crippen LogP) is 2.10. The SMILES string of the molecule is SC1C=CC=CC(S)C1. The minimum atomic E-state index is 0.377.